The van der Waals surface area contributed by atoms with Gasteiger partial charge >= 0.3 is 5.97 Å². The molecule has 0 aromatic rings. The van der Waals surface area contributed by atoms with Gasteiger partial charge in [-0.1, -0.05) is 53.2 Å². The second-order valence-corrected chi connectivity index (χ2v) is 15.1. The van der Waals surface area contributed by atoms with Crippen molar-refractivity contribution in [2.75, 3.05) is 0 Å². The smallest absolute Gasteiger partial charge is 0.309 e. The Balaban J connectivity index is 1.61. The van der Waals surface area contributed by atoms with Crippen LogP contribution in [0.1, 0.15) is 106 Å². The lowest BCUT2D eigenvalue weighted by atomic mass is 9.33. The van der Waals surface area contributed by atoms with Crippen LogP contribution < -0.4 is 0 Å². The molecule has 4 nitrogen and oxygen atoms in total. The first kappa shape index (κ1) is 24.8. The normalized spacial score (nSPS) is 56.3. The van der Waals surface area contributed by atoms with Gasteiger partial charge in [0, 0.05) is 5.92 Å². The summed E-state index contributed by atoms with van der Waals surface area (Å²) in [5, 5.41) is 32.9. The Kier molecular flexibility index (Phi) is 5.20. The highest BCUT2D eigenvalue weighted by molar-refractivity contribution is 5.74. The van der Waals surface area contributed by atoms with E-state index in [9.17, 15) is 20.1 Å². The number of carboxylic acids is 1. The van der Waals surface area contributed by atoms with E-state index in [4.69, 9.17) is 0 Å². The van der Waals surface area contributed by atoms with Crippen molar-refractivity contribution < 1.29 is 20.1 Å². The summed E-state index contributed by atoms with van der Waals surface area (Å²) in [7, 11) is 0. The maximum atomic E-state index is 12.2. The Morgan fingerprint density at radius 1 is 0.882 bits per heavy atom. The van der Waals surface area contributed by atoms with E-state index in [2.05, 4.69) is 47.6 Å². The van der Waals surface area contributed by atoms with Crippen molar-refractivity contribution in [3.05, 3.63) is 11.6 Å². The fourth-order valence-corrected chi connectivity index (χ4v) is 10.6. The third-order valence-electron chi connectivity index (χ3n) is 13.3. The number of rotatable bonds is 1. The van der Waals surface area contributed by atoms with Gasteiger partial charge in [0.2, 0.25) is 0 Å². The monoisotopic (exact) mass is 472 g/mol. The van der Waals surface area contributed by atoms with Crippen LogP contribution in [0.2, 0.25) is 0 Å². The Morgan fingerprint density at radius 3 is 2.18 bits per heavy atom. The van der Waals surface area contributed by atoms with Crippen LogP contribution in [0.15, 0.2) is 11.6 Å². The molecule has 10 atom stereocenters. The third kappa shape index (κ3) is 2.88. The first-order valence-electron chi connectivity index (χ1n) is 13.9. The van der Waals surface area contributed by atoms with Crippen LogP contribution in [-0.2, 0) is 4.79 Å². The number of allylic oxidation sites excluding steroid dienone is 1. The van der Waals surface area contributed by atoms with Crippen molar-refractivity contribution in [3.8, 4) is 0 Å². The van der Waals surface area contributed by atoms with Gasteiger partial charge in [0.1, 0.15) is 0 Å². The Labute approximate surface area is 206 Å². The van der Waals surface area contributed by atoms with E-state index in [-0.39, 0.29) is 45.0 Å². The van der Waals surface area contributed by atoms with Gasteiger partial charge in [0.05, 0.1) is 17.6 Å². The van der Waals surface area contributed by atoms with Crippen molar-refractivity contribution in [1.82, 2.24) is 0 Å². The highest BCUT2D eigenvalue weighted by Gasteiger charge is 2.70. The van der Waals surface area contributed by atoms with Crippen molar-refractivity contribution in [2.45, 2.75) is 118 Å². The molecule has 4 saturated carbocycles. The lowest BCUT2D eigenvalue weighted by molar-refractivity contribution is -0.224. The maximum absolute atomic E-state index is 12.2. The van der Waals surface area contributed by atoms with E-state index in [1.165, 1.54) is 5.57 Å². The summed E-state index contributed by atoms with van der Waals surface area (Å²) < 4.78 is 0. The topological polar surface area (TPSA) is 77.8 Å². The largest absolute Gasteiger partial charge is 0.481 e. The van der Waals surface area contributed by atoms with Crippen LogP contribution in [0, 0.1) is 50.2 Å². The second kappa shape index (κ2) is 7.12. The van der Waals surface area contributed by atoms with E-state index in [1.807, 2.05) is 6.92 Å². The molecule has 192 valence electrons. The molecule has 0 radical (unpaired) electrons. The molecule has 0 aromatic heterocycles. The zero-order valence-electron chi connectivity index (χ0n) is 22.6. The Hall–Kier alpha value is -0.870. The highest BCUT2D eigenvalue weighted by atomic mass is 16.4. The van der Waals surface area contributed by atoms with Gasteiger partial charge in [-0.3, -0.25) is 4.79 Å². The van der Waals surface area contributed by atoms with Crippen molar-refractivity contribution >= 4 is 5.97 Å². The number of aliphatic hydroxyl groups excluding tert-OH is 2. The first-order valence-corrected chi connectivity index (χ1v) is 13.9. The molecule has 4 unspecified atom stereocenters. The van der Waals surface area contributed by atoms with Gasteiger partial charge in [-0.05, 0) is 104 Å². The van der Waals surface area contributed by atoms with E-state index in [0.717, 1.165) is 51.4 Å². The number of hydrogen-bond donors (Lipinski definition) is 3. The minimum atomic E-state index is -0.681. The molecule has 4 fully saturated rings. The summed E-state index contributed by atoms with van der Waals surface area (Å²) in [4.78, 5) is 12.2. The molecular weight excluding hydrogens is 424 g/mol. The van der Waals surface area contributed by atoms with Gasteiger partial charge in [0.15, 0.2) is 0 Å². The van der Waals surface area contributed by atoms with E-state index >= 15 is 0 Å². The van der Waals surface area contributed by atoms with Gasteiger partial charge in [-0.15, -0.1) is 0 Å². The number of hydrogen-bond acceptors (Lipinski definition) is 3. The van der Waals surface area contributed by atoms with Gasteiger partial charge in [-0.25, -0.2) is 0 Å². The lowest BCUT2D eigenvalue weighted by Gasteiger charge is -2.72. The third-order valence-corrected chi connectivity index (χ3v) is 13.3. The molecular formula is C30H48O4. The second-order valence-electron chi connectivity index (χ2n) is 15.1. The Morgan fingerprint density at radius 2 is 1.53 bits per heavy atom. The quantitative estimate of drug-likeness (QED) is 0.397. The molecule has 5 aliphatic carbocycles. The zero-order valence-corrected chi connectivity index (χ0v) is 22.6. The summed E-state index contributed by atoms with van der Waals surface area (Å²) >= 11 is 0. The van der Waals surface area contributed by atoms with Crippen molar-refractivity contribution in [3.63, 3.8) is 0 Å². The number of fused-ring (bicyclic) bond motifs is 7. The summed E-state index contributed by atoms with van der Waals surface area (Å²) in [5.41, 5.74) is 0.613. The van der Waals surface area contributed by atoms with Crippen molar-refractivity contribution in [2.24, 2.45) is 50.2 Å². The number of aliphatic hydroxyl groups is 2. The maximum Gasteiger partial charge on any atom is 0.309 e. The molecule has 0 bridgehead atoms. The molecule has 5 aliphatic rings. The average Bonchev–Trinajstić information content (AvgIpc) is 2.73. The standard InChI is InChI=1S/C30H48O4/c1-25(2)21-8-11-30(7)23(28(21,5)10-9-22(25)32)20(31)16-18-19-17-27(4,24(33)34)13-12-26(19,3)14-15-29(18,30)6/h16,19-23,31-32H,8-15,17H2,1-7H3,(H,33,34)/t19?,20-,21?,22?,23?,26-,27+,28+,29-,30-/m1/s1. The molecule has 4 heteroatoms. The van der Waals surface area contributed by atoms with E-state index in [0.29, 0.717) is 12.3 Å². The summed E-state index contributed by atoms with van der Waals surface area (Å²) in [6, 6.07) is 0. The molecule has 34 heavy (non-hydrogen) atoms. The lowest BCUT2D eigenvalue weighted by Crippen LogP contribution is -2.67. The molecule has 3 N–H and O–H groups in total. The van der Waals surface area contributed by atoms with E-state index < -0.39 is 17.5 Å². The highest BCUT2D eigenvalue weighted by Crippen LogP contribution is 2.75. The number of carboxylic acid groups (broad SMARTS) is 1. The summed E-state index contributed by atoms with van der Waals surface area (Å²) in [6.07, 6.45) is 10.0. The molecule has 0 aliphatic heterocycles. The van der Waals surface area contributed by atoms with Gasteiger partial charge in [0.25, 0.3) is 0 Å². The number of aliphatic carboxylic acids is 1. The van der Waals surface area contributed by atoms with Gasteiger partial charge in [-0.2, -0.15) is 0 Å². The predicted molar refractivity (Wildman–Crippen MR) is 134 cm³/mol. The van der Waals surface area contributed by atoms with Crippen LogP contribution in [0.3, 0.4) is 0 Å². The minimum absolute atomic E-state index is 0.0108. The molecule has 0 amide bonds. The van der Waals surface area contributed by atoms with Crippen LogP contribution in [0.25, 0.3) is 0 Å². The first-order chi connectivity index (χ1) is 15.6. The SMILES string of the molecule is CC1(C)C(O)CC[C@@]2(C)C1CC[C@]1(C)C2[C@H](O)C=C2C3C[C@@](C)(C(=O)O)CC[C@]3(C)CC[C@]21C. The van der Waals surface area contributed by atoms with Gasteiger partial charge < -0.3 is 15.3 Å². The summed E-state index contributed by atoms with van der Waals surface area (Å²) in [5.74, 6) is 0.120. The minimum Gasteiger partial charge on any atom is -0.481 e. The molecule has 0 aromatic carbocycles. The Bertz CT molecular complexity index is 923. The number of carbonyl (C=O) groups is 1. The van der Waals surface area contributed by atoms with Crippen LogP contribution in [0.4, 0.5) is 0 Å². The fraction of sp³-hybridized carbons (Fsp3) is 0.900. The fourth-order valence-electron chi connectivity index (χ4n) is 10.6. The molecule has 5 rings (SSSR count). The predicted octanol–water partition coefficient (Wildman–Crippen LogP) is 6.20. The zero-order chi connectivity index (χ0) is 25.1. The van der Waals surface area contributed by atoms with E-state index in [1.54, 1.807) is 0 Å². The summed E-state index contributed by atoms with van der Waals surface area (Å²) in [6.45, 7) is 16.1. The average molecular weight is 473 g/mol. The molecule has 0 saturated heterocycles. The van der Waals surface area contributed by atoms with Crippen LogP contribution >= 0.6 is 0 Å². The van der Waals surface area contributed by atoms with Crippen LogP contribution in [-0.4, -0.2) is 33.5 Å². The molecule has 0 spiro atoms. The van der Waals surface area contributed by atoms with Crippen molar-refractivity contribution in [1.29, 1.82) is 0 Å². The molecule has 0 heterocycles. The van der Waals surface area contributed by atoms with Crippen LogP contribution in [0.5, 0.6) is 0 Å².